The molecule has 5 heteroatoms. The fourth-order valence-electron chi connectivity index (χ4n) is 2.89. The van der Waals surface area contributed by atoms with E-state index in [4.69, 9.17) is 0 Å². The lowest BCUT2D eigenvalue weighted by Crippen LogP contribution is -2.32. The third kappa shape index (κ3) is 3.02. The van der Waals surface area contributed by atoms with Crippen molar-refractivity contribution in [1.29, 1.82) is 0 Å². The van der Waals surface area contributed by atoms with E-state index in [0.29, 0.717) is 11.2 Å². The van der Waals surface area contributed by atoms with Crippen LogP contribution in [-0.4, -0.2) is 38.5 Å². The Morgan fingerprint density at radius 1 is 1.08 bits per heavy atom. The van der Waals surface area contributed by atoms with E-state index in [2.05, 4.69) is 23.9 Å². The first-order valence-corrected chi connectivity index (χ1v) is 8.43. The Kier molecular flexibility index (Phi) is 4.89. The first kappa shape index (κ1) is 16.2. The van der Waals surface area contributed by atoms with Crippen LogP contribution in [0.3, 0.4) is 0 Å². The molecule has 2 heterocycles. The zero-order chi connectivity index (χ0) is 16.9. The largest absolute Gasteiger partial charge is 0.339 e. The van der Waals surface area contributed by atoms with Crippen LogP contribution in [0.5, 0.6) is 0 Å². The average molecular weight is 322 g/mol. The van der Waals surface area contributed by atoms with E-state index in [0.717, 1.165) is 37.2 Å². The van der Waals surface area contributed by atoms with Crippen molar-refractivity contribution in [1.82, 2.24) is 19.5 Å². The summed E-state index contributed by atoms with van der Waals surface area (Å²) in [6.07, 6.45) is 5.25. The summed E-state index contributed by atoms with van der Waals surface area (Å²) in [5.74, 6) is 0.00594. The lowest BCUT2D eigenvalue weighted by molar-refractivity contribution is 0.0757. The summed E-state index contributed by atoms with van der Waals surface area (Å²) in [7, 11) is 0. The van der Waals surface area contributed by atoms with Crippen LogP contribution in [0, 0.1) is 0 Å². The van der Waals surface area contributed by atoms with E-state index in [1.54, 1.807) is 16.9 Å². The van der Waals surface area contributed by atoms with Gasteiger partial charge < -0.3 is 4.90 Å². The molecule has 0 unspecified atom stereocenters. The molecule has 0 radical (unpaired) electrons. The molecule has 0 spiro atoms. The standard InChI is InChI=1S/C19H22N4O/c1-3-12-22(13-4-2)19(24)16-14-21-23-17(10-11-20-18(16)23)15-8-6-5-7-9-15/h5-11,14H,3-4,12-13H2,1-2H3. The van der Waals surface area contributed by atoms with Gasteiger partial charge in [0.2, 0.25) is 0 Å². The molecule has 0 saturated carbocycles. The molecule has 3 rings (SSSR count). The maximum absolute atomic E-state index is 12.9. The van der Waals surface area contributed by atoms with Gasteiger partial charge in [0.25, 0.3) is 5.91 Å². The fraction of sp³-hybridized carbons (Fsp3) is 0.316. The van der Waals surface area contributed by atoms with E-state index in [9.17, 15) is 4.79 Å². The second-order valence-electron chi connectivity index (χ2n) is 5.78. The molecule has 3 aromatic rings. The van der Waals surface area contributed by atoms with Gasteiger partial charge in [-0.25, -0.2) is 9.50 Å². The van der Waals surface area contributed by atoms with E-state index < -0.39 is 0 Å². The van der Waals surface area contributed by atoms with Crippen molar-refractivity contribution in [2.45, 2.75) is 26.7 Å². The van der Waals surface area contributed by atoms with Crippen molar-refractivity contribution in [3.8, 4) is 11.3 Å². The van der Waals surface area contributed by atoms with Crippen molar-refractivity contribution < 1.29 is 4.79 Å². The zero-order valence-corrected chi connectivity index (χ0v) is 14.1. The Bertz CT molecular complexity index is 820. The molecule has 0 N–H and O–H groups in total. The highest BCUT2D eigenvalue weighted by Gasteiger charge is 2.20. The van der Waals surface area contributed by atoms with Gasteiger partial charge in [0.05, 0.1) is 11.9 Å². The van der Waals surface area contributed by atoms with Crippen molar-refractivity contribution in [3.63, 3.8) is 0 Å². The summed E-state index contributed by atoms with van der Waals surface area (Å²) in [5.41, 5.74) is 3.15. The number of carbonyl (C=O) groups excluding carboxylic acids is 1. The summed E-state index contributed by atoms with van der Waals surface area (Å²) >= 11 is 0. The van der Waals surface area contributed by atoms with Crippen molar-refractivity contribution >= 4 is 11.6 Å². The van der Waals surface area contributed by atoms with Crippen LogP contribution in [0.25, 0.3) is 16.9 Å². The van der Waals surface area contributed by atoms with Gasteiger partial charge in [-0.05, 0) is 18.9 Å². The maximum atomic E-state index is 12.9. The number of fused-ring (bicyclic) bond motifs is 1. The van der Waals surface area contributed by atoms with E-state index >= 15 is 0 Å². The molecule has 0 saturated heterocycles. The zero-order valence-electron chi connectivity index (χ0n) is 14.1. The lowest BCUT2D eigenvalue weighted by atomic mass is 10.1. The highest BCUT2D eigenvalue weighted by molar-refractivity contribution is 5.99. The Labute approximate surface area is 141 Å². The van der Waals surface area contributed by atoms with Crippen LogP contribution in [0.15, 0.2) is 48.8 Å². The Balaban J connectivity index is 2.04. The minimum atomic E-state index is 0.00594. The van der Waals surface area contributed by atoms with Crippen molar-refractivity contribution in [2.75, 3.05) is 13.1 Å². The summed E-state index contributed by atoms with van der Waals surface area (Å²) in [5, 5.41) is 4.43. The minimum Gasteiger partial charge on any atom is -0.339 e. The Morgan fingerprint density at radius 3 is 2.46 bits per heavy atom. The van der Waals surface area contributed by atoms with Crippen LogP contribution >= 0.6 is 0 Å². The average Bonchev–Trinajstić information content (AvgIpc) is 3.06. The maximum Gasteiger partial charge on any atom is 0.259 e. The summed E-state index contributed by atoms with van der Waals surface area (Å²) in [6, 6.07) is 11.9. The molecule has 0 bridgehead atoms. The highest BCUT2D eigenvalue weighted by Crippen LogP contribution is 2.21. The van der Waals surface area contributed by atoms with Gasteiger partial charge in [0.15, 0.2) is 5.65 Å². The van der Waals surface area contributed by atoms with Crippen LogP contribution < -0.4 is 0 Å². The number of rotatable bonds is 6. The predicted octanol–water partition coefficient (Wildman–Crippen LogP) is 3.66. The number of aromatic nitrogens is 3. The summed E-state index contributed by atoms with van der Waals surface area (Å²) < 4.78 is 1.75. The molecule has 2 aromatic heterocycles. The molecule has 5 nitrogen and oxygen atoms in total. The number of carbonyl (C=O) groups is 1. The molecule has 0 aliphatic heterocycles. The third-order valence-electron chi connectivity index (χ3n) is 3.98. The first-order chi connectivity index (χ1) is 11.8. The smallest absolute Gasteiger partial charge is 0.259 e. The number of nitrogens with zero attached hydrogens (tertiary/aromatic N) is 4. The van der Waals surface area contributed by atoms with Gasteiger partial charge in [-0.2, -0.15) is 5.10 Å². The van der Waals surface area contributed by atoms with Crippen LogP contribution in [0.2, 0.25) is 0 Å². The molecule has 0 atom stereocenters. The SMILES string of the molecule is CCCN(CCC)C(=O)c1cnn2c(-c3ccccc3)ccnc12. The van der Waals surface area contributed by atoms with Gasteiger partial charge >= 0.3 is 0 Å². The Hall–Kier alpha value is -2.69. The molecule has 24 heavy (non-hydrogen) atoms. The van der Waals surface area contributed by atoms with Crippen LogP contribution in [-0.2, 0) is 0 Å². The van der Waals surface area contributed by atoms with Crippen LogP contribution in [0.1, 0.15) is 37.0 Å². The monoisotopic (exact) mass is 322 g/mol. The van der Waals surface area contributed by atoms with Crippen molar-refractivity contribution in [2.24, 2.45) is 0 Å². The number of benzene rings is 1. The molecule has 0 aliphatic carbocycles. The van der Waals surface area contributed by atoms with Crippen LogP contribution in [0.4, 0.5) is 0 Å². The van der Waals surface area contributed by atoms with E-state index in [1.807, 2.05) is 41.3 Å². The number of amides is 1. The number of hydrogen-bond donors (Lipinski definition) is 0. The topological polar surface area (TPSA) is 50.5 Å². The molecular weight excluding hydrogens is 300 g/mol. The molecule has 1 aromatic carbocycles. The van der Waals surface area contributed by atoms with Crippen molar-refractivity contribution in [3.05, 3.63) is 54.4 Å². The summed E-state index contributed by atoms with van der Waals surface area (Å²) in [4.78, 5) is 19.2. The third-order valence-corrected chi connectivity index (χ3v) is 3.98. The quantitative estimate of drug-likeness (QED) is 0.696. The highest BCUT2D eigenvalue weighted by atomic mass is 16.2. The van der Waals surface area contributed by atoms with E-state index in [-0.39, 0.29) is 5.91 Å². The molecule has 124 valence electrons. The predicted molar refractivity (Wildman–Crippen MR) is 94.9 cm³/mol. The van der Waals surface area contributed by atoms with Gasteiger partial charge in [0.1, 0.15) is 5.56 Å². The van der Waals surface area contributed by atoms with Gasteiger partial charge in [0, 0.05) is 24.8 Å². The van der Waals surface area contributed by atoms with Gasteiger partial charge in [-0.15, -0.1) is 0 Å². The number of hydrogen-bond acceptors (Lipinski definition) is 3. The lowest BCUT2D eigenvalue weighted by Gasteiger charge is -2.20. The second-order valence-corrected chi connectivity index (χ2v) is 5.78. The first-order valence-electron chi connectivity index (χ1n) is 8.43. The molecule has 1 amide bonds. The molecular formula is C19H22N4O. The Morgan fingerprint density at radius 2 is 1.79 bits per heavy atom. The fourth-order valence-corrected chi connectivity index (χ4v) is 2.89. The molecule has 0 fully saturated rings. The van der Waals surface area contributed by atoms with E-state index in [1.165, 1.54) is 0 Å². The minimum absolute atomic E-state index is 0.00594. The second kappa shape index (κ2) is 7.25. The normalized spacial score (nSPS) is 10.9. The molecule has 0 aliphatic rings. The van der Waals surface area contributed by atoms with Gasteiger partial charge in [-0.1, -0.05) is 44.2 Å². The van der Waals surface area contributed by atoms with Gasteiger partial charge in [-0.3, -0.25) is 4.79 Å². The summed E-state index contributed by atoms with van der Waals surface area (Å²) in [6.45, 7) is 5.67.